The summed E-state index contributed by atoms with van der Waals surface area (Å²) in [7, 11) is 0. The average Bonchev–Trinajstić information content (AvgIpc) is 2.35. The molecular formula is C13H20ClNO3. The number of benzene rings is 1. The Labute approximate surface area is 113 Å². The number of hydrogen-bond donors (Lipinski definition) is 2. The zero-order valence-electron chi connectivity index (χ0n) is 10.8. The number of aromatic hydroxyl groups is 1. The van der Waals surface area contributed by atoms with Crippen LogP contribution < -0.4 is 5.32 Å². The summed E-state index contributed by atoms with van der Waals surface area (Å²) in [5, 5.41) is 13.3. The number of para-hydroxylation sites is 1. The van der Waals surface area contributed by atoms with E-state index in [4.69, 9.17) is 21.1 Å². The minimum Gasteiger partial charge on any atom is -0.506 e. The second-order valence-electron chi connectivity index (χ2n) is 3.72. The van der Waals surface area contributed by atoms with Crippen LogP contribution in [0.4, 0.5) is 0 Å². The summed E-state index contributed by atoms with van der Waals surface area (Å²) in [5.74, 6) is 0.121. The van der Waals surface area contributed by atoms with Crippen molar-refractivity contribution in [3.8, 4) is 5.75 Å². The molecule has 0 bridgehead atoms. The molecule has 0 saturated carbocycles. The molecule has 1 rings (SSSR count). The molecule has 0 amide bonds. The Morgan fingerprint density at radius 3 is 2.56 bits per heavy atom. The first-order valence-electron chi connectivity index (χ1n) is 6.09. The molecule has 102 valence electrons. The average molecular weight is 274 g/mol. The van der Waals surface area contributed by atoms with E-state index in [0.717, 1.165) is 5.56 Å². The molecule has 2 N–H and O–H groups in total. The Kier molecular flexibility index (Phi) is 7.05. The second-order valence-corrected chi connectivity index (χ2v) is 4.13. The van der Waals surface area contributed by atoms with Gasteiger partial charge in [0.2, 0.25) is 0 Å². The molecule has 0 radical (unpaired) electrons. The lowest BCUT2D eigenvalue weighted by molar-refractivity contribution is -0.133. The summed E-state index contributed by atoms with van der Waals surface area (Å²) < 4.78 is 10.8. The number of phenolic OH excluding ortho intramolecular Hbond substituents is 1. The Hall–Kier alpha value is -0.810. The zero-order chi connectivity index (χ0) is 13.4. The number of phenols is 1. The topological polar surface area (TPSA) is 50.7 Å². The van der Waals surface area contributed by atoms with Crippen molar-refractivity contribution in [3.05, 3.63) is 28.8 Å². The molecule has 0 unspecified atom stereocenters. The predicted octanol–water partition coefficient (Wildman–Crippen LogP) is 2.53. The highest BCUT2D eigenvalue weighted by Crippen LogP contribution is 2.26. The van der Waals surface area contributed by atoms with E-state index >= 15 is 0 Å². The summed E-state index contributed by atoms with van der Waals surface area (Å²) >= 11 is 5.83. The van der Waals surface area contributed by atoms with Gasteiger partial charge >= 0.3 is 0 Å². The highest BCUT2D eigenvalue weighted by atomic mass is 35.5. The first-order chi connectivity index (χ1) is 8.69. The van der Waals surface area contributed by atoms with Gasteiger partial charge in [0.1, 0.15) is 5.75 Å². The van der Waals surface area contributed by atoms with E-state index in [9.17, 15) is 5.11 Å². The van der Waals surface area contributed by atoms with Gasteiger partial charge in [0.25, 0.3) is 0 Å². The van der Waals surface area contributed by atoms with E-state index in [1.165, 1.54) is 0 Å². The van der Waals surface area contributed by atoms with Crippen LogP contribution in [0.1, 0.15) is 19.4 Å². The van der Waals surface area contributed by atoms with Crippen LogP contribution in [-0.4, -0.2) is 31.2 Å². The molecular weight excluding hydrogens is 254 g/mol. The van der Waals surface area contributed by atoms with Crippen LogP contribution in [0.25, 0.3) is 0 Å². The molecule has 18 heavy (non-hydrogen) atoms. The highest BCUT2D eigenvalue weighted by Gasteiger charge is 2.09. The largest absolute Gasteiger partial charge is 0.506 e. The number of hydrogen-bond acceptors (Lipinski definition) is 4. The van der Waals surface area contributed by atoms with Gasteiger partial charge in [0, 0.05) is 31.9 Å². The number of ether oxygens (including phenoxy) is 2. The third-order valence-electron chi connectivity index (χ3n) is 2.40. The quantitative estimate of drug-likeness (QED) is 0.715. The molecule has 0 aliphatic rings. The summed E-state index contributed by atoms with van der Waals surface area (Å²) in [4.78, 5) is 0. The van der Waals surface area contributed by atoms with Gasteiger partial charge in [-0.15, -0.1) is 0 Å². The van der Waals surface area contributed by atoms with Crippen molar-refractivity contribution in [3.63, 3.8) is 0 Å². The van der Waals surface area contributed by atoms with E-state index in [2.05, 4.69) is 5.32 Å². The maximum absolute atomic E-state index is 9.74. The Balaban J connectivity index is 2.42. The number of rotatable bonds is 8. The standard InChI is InChI=1S/C13H20ClNO3/c1-3-17-12(18-4-2)9-15-8-10-6-5-7-11(14)13(10)16/h5-7,12,15-16H,3-4,8-9H2,1-2H3. The van der Waals surface area contributed by atoms with E-state index in [1.807, 2.05) is 26.0 Å². The Morgan fingerprint density at radius 2 is 1.94 bits per heavy atom. The van der Waals surface area contributed by atoms with Crippen molar-refractivity contribution >= 4 is 11.6 Å². The van der Waals surface area contributed by atoms with Gasteiger partial charge in [-0.05, 0) is 19.9 Å². The Bertz CT molecular complexity index is 354. The van der Waals surface area contributed by atoms with E-state index in [-0.39, 0.29) is 12.0 Å². The summed E-state index contributed by atoms with van der Waals surface area (Å²) in [6, 6.07) is 5.29. The lowest BCUT2D eigenvalue weighted by Crippen LogP contribution is -2.31. The minimum atomic E-state index is -0.263. The number of nitrogens with one attached hydrogen (secondary N) is 1. The van der Waals surface area contributed by atoms with Crippen LogP contribution in [0.5, 0.6) is 5.75 Å². The zero-order valence-corrected chi connectivity index (χ0v) is 11.5. The highest BCUT2D eigenvalue weighted by molar-refractivity contribution is 6.32. The fraction of sp³-hybridized carbons (Fsp3) is 0.538. The van der Waals surface area contributed by atoms with Crippen molar-refractivity contribution < 1.29 is 14.6 Å². The van der Waals surface area contributed by atoms with Crippen LogP contribution in [-0.2, 0) is 16.0 Å². The van der Waals surface area contributed by atoms with Crippen LogP contribution >= 0.6 is 11.6 Å². The molecule has 0 spiro atoms. The lowest BCUT2D eigenvalue weighted by Gasteiger charge is -2.17. The molecule has 0 atom stereocenters. The van der Waals surface area contributed by atoms with Gasteiger partial charge < -0.3 is 19.9 Å². The number of halogens is 1. The van der Waals surface area contributed by atoms with Crippen molar-refractivity contribution in [2.24, 2.45) is 0 Å². The van der Waals surface area contributed by atoms with Crippen LogP contribution in [0, 0.1) is 0 Å². The van der Waals surface area contributed by atoms with E-state index in [1.54, 1.807) is 6.07 Å². The summed E-state index contributed by atoms with van der Waals surface area (Å²) in [6.45, 7) is 6.14. The summed E-state index contributed by atoms with van der Waals surface area (Å²) in [5.41, 5.74) is 0.759. The predicted molar refractivity (Wildman–Crippen MR) is 71.9 cm³/mol. The normalized spacial score (nSPS) is 11.1. The molecule has 0 aliphatic heterocycles. The minimum absolute atomic E-state index is 0.121. The molecule has 4 nitrogen and oxygen atoms in total. The van der Waals surface area contributed by atoms with Crippen molar-refractivity contribution in [1.82, 2.24) is 5.32 Å². The van der Waals surface area contributed by atoms with E-state index < -0.39 is 0 Å². The maximum atomic E-state index is 9.74. The molecule has 1 aromatic rings. The fourth-order valence-electron chi connectivity index (χ4n) is 1.57. The van der Waals surface area contributed by atoms with Crippen molar-refractivity contribution in [2.45, 2.75) is 26.7 Å². The molecule has 0 aromatic heterocycles. The van der Waals surface area contributed by atoms with E-state index in [0.29, 0.717) is 31.3 Å². The molecule has 0 saturated heterocycles. The lowest BCUT2D eigenvalue weighted by atomic mass is 10.2. The summed E-state index contributed by atoms with van der Waals surface area (Å²) in [6.07, 6.45) is -0.263. The Morgan fingerprint density at radius 1 is 1.28 bits per heavy atom. The van der Waals surface area contributed by atoms with Gasteiger partial charge in [-0.2, -0.15) is 0 Å². The monoisotopic (exact) mass is 273 g/mol. The first-order valence-corrected chi connectivity index (χ1v) is 6.47. The van der Waals surface area contributed by atoms with Gasteiger partial charge in [0.05, 0.1) is 5.02 Å². The molecule has 5 heteroatoms. The second kappa shape index (κ2) is 8.32. The van der Waals surface area contributed by atoms with Gasteiger partial charge in [-0.3, -0.25) is 0 Å². The fourth-order valence-corrected chi connectivity index (χ4v) is 1.76. The third-order valence-corrected chi connectivity index (χ3v) is 2.71. The molecule has 0 aliphatic carbocycles. The van der Waals surface area contributed by atoms with Gasteiger partial charge in [0.15, 0.2) is 6.29 Å². The van der Waals surface area contributed by atoms with Crippen molar-refractivity contribution in [1.29, 1.82) is 0 Å². The third kappa shape index (κ3) is 4.82. The SMILES string of the molecule is CCOC(CNCc1cccc(Cl)c1O)OCC. The van der Waals surface area contributed by atoms with Crippen LogP contribution in [0.2, 0.25) is 5.02 Å². The van der Waals surface area contributed by atoms with Crippen molar-refractivity contribution in [2.75, 3.05) is 19.8 Å². The van der Waals surface area contributed by atoms with Crippen LogP contribution in [0.3, 0.4) is 0 Å². The molecule has 1 aromatic carbocycles. The molecule has 0 heterocycles. The van der Waals surface area contributed by atoms with Crippen LogP contribution in [0.15, 0.2) is 18.2 Å². The smallest absolute Gasteiger partial charge is 0.169 e. The maximum Gasteiger partial charge on any atom is 0.169 e. The molecule has 0 fully saturated rings. The first kappa shape index (κ1) is 15.2. The van der Waals surface area contributed by atoms with Gasteiger partial charge in [-0.25, -0.2) is 0 Å². The van der Waals surface area contributed by atoms with Gasteiger partial charge in [-0.1, -0.05) is 23.7 Å².